The average molecular weight is 307 g/mol. The van der Waals surface area contributed by atoms with E-state index in [1.165, 1.54) is 12.8 Å². The van der Waals surface area contributed by atoms with Gasteiger partial charge in [0.25, 0.3) is 0 Å². The molecule has 3 atom stereocenters. The summed E-state index contributed by atoms with van der Waals surface area (Å²) in [5.41, 5.74) is 1.09. The molecule has 2 rings (SSSR count). The molecule has 0 spiro atoms. The standard InChI is InChI=1S/C18H29NO3/c1-14-4-5-15(2)19(10-14)11-17(20)13-22-12-16-6-8-18(21-3)9-7-16/h6-9,14-15,17,20H,4-5,10-13H2,1-3H3. The number of piperidine rings is 1. The van der Waals surface area contributed by atoms with E-state index in [9.17, 15) is 5.11 Å². The first-order chi connectivity index (χ1) is 10.6. The number of likely N-dealkylation sites (tertiary alicyclic amines) is 1. The van der Waals surface area contributed by atoms with Gasteiger partial charge in [0, 0.05) is 19.1 Å². The predicted molar refractivity (Wildman–Crippen MR) is 88.1 cm³/mol. The lowest BCUT2D eigenvalue weighted by Crippen LogP contribution is -2.45. The van der Waals surface area contributed by atoms with Gasteiger partial charge >= 0.3 is 0 Å². The fourth-order valence-corrected chi connectivity index (χ4v) is 2.99. The van der Waals surface area contributed by atoms with E-state index < -0.39 is 6.10 Å². The zero-order chi connectivity index (χ0) is 15.9. The molecule has 0 radical (unpaired) electrons. The highest BCUT2D eigenvalue weighted by Gasteiger charge is 2.24. The van der Waals surface area contributed by atoms with Crippen LogP contribution >= 0.6 is 0 Å². The van der Waals surface area contributed by atoms with Crippen LogP contribution in [0.4, 0.5) is 0 Å². The Balaban J connectivity index is 1.69. The van der Waals surface area contributed by atoms with Crippen molar-refractivity contribution in [1.29, 1.82) is 0 Å². The summed E-state index contributed by atoms with van der Waals surface area (Å²) in [4.78, 5) is 2.38. The first-order valence-electron chi connectivity index (χ1n) is 8.21. The minimum absolute atomic E-state index is 0.379. The summed E-state index contributed by atoms with van der Waals surface area (Å²) >= 11 is 0. The van der Waals surface area contributed by atoms with E-state index in [4.69, 9.17) is 9.47 Å². The van der Waals surface area contributed by atoms with E-state index in [0.29, 0.717) is 25.8 Å². The van der Waals surface area contributed by atoms with Crippen LogP contribution in [0.25, 0.3) is 0 Å². The Kier molecular flexibility index (Phi) is 6.68. The van der Waals surface area contributed by atoms with Crippen LogP contribution in [0, 0.1) is 5.92 Å². The second-order valence-electron chi connectivity index (χ2n) is 6.50. The van der Waals surface area contributed by atoms with Gasteiger partial charge in [0.15, 0.2) is 0 Å². The van der Waals surface area contributed by atoms with Gasteiger partial charge < -0.3 is 14.6 Å². The molecule has 1 fully saturated rings. The van der Waals surface area contributed by atoms with Crippen molar-refractivity contribution in [2.45, 2.75) is 45.4 Å². The minimum atomic E-state index is -0.425. The number of hydrogen-bond donors (Lipinski definition) is 1. The van der Waals surface area contributed by atoms with Crippen LogP contribution in [0.5, 0.6) is 5.75 Å². The Bertz CT molecular complexity index is 434. The van der Waals surface area contributed by atoms with E-state index >= 15 is 0 Å². The molecule has 1 aliphatic rings. The Morgan fingerprint density at radius 1 is 1.23 bits per heavy atom. The molecular weight excluding hydrogens is 278 g/mol. The molecule has 4 heteroatoms. The van der Waals surface area contributed by atoms with Crippen LogP contribution in [0.15, 0.2) is 24.3 Å². The SMILES string of the molecule is COc1ccc(COCC(O)CN2CC(C)CCC2C)cc1. The summed E-state index contributed by atoms with van der Waals surface area (Å²) in [6.07, 6.45) is 2.09. The lowest BCUT2D eigenvalue weighted by Gasteiger charge is -2.37. The second-order valence-corrected chi connectivity index (χ2v) is 6.50. The number of methoxy groups -OCH3 is 1. The predicted octanol–water partition coefficient (Wildman–Crippen LogP) is 2.69. The van der Waals surface area contributed by atoms with Gasteiger partial charge in [-0.05, 0) is 43.4 Å². The third kappa shape index (κ3) is 5.27. The molecule has 0 bridgehead atoms. The third-order valence-corrected chi connectivity index (χ3v) is 4.43. The molecule has 1 N–H and O–H groups in total. The van der Waals surface area contributed by atoms with E-state index in [0.717, 1.165) is 23.8 Å². The van der Waals surface area contributed by atoms with Crippen LogP contribution in [0.1, 0.15) is 32.3 Å². The lowest BCUT2D eigenvalue weighted by atomic mass is 9.95. The summed E-state index contributed by atoms with van der Waals surface area (Å²) < 4.78 is 10.8. The molecule has 1 aliphatic heterocycles. The monoisotopic (exact) mass is 307 g/mol. The highest BCUT2D eigenvalue weighted by atomic mass is 16.5. The number of β-amino-alcohol motifs (C(OH)–C–C–N with tert-alkyl or cyclic N) is 1. The van der Waals surface area contributed by atoms with Crippen molar-refractivity contribution in [2.24, 2.45) is 5.92 Å². The van der Waals surface area contributed by atoms with Gasteiger partial charge in [-0.25, -0.2) is 0 Å². The number of benzene rings is 1. The van der Waals surface area contributed by atoms with Gasteiger partial charge in [-0.1, -0.05) is 19.1 Å². The van der Waals surface area contributed by atoms with Crippen LogP contribution < -0.4 is 4.74 Å². The Hall–Kier alpha value is -1.10. The zero-order valence-electron chi connectivity index (χ0n) is 14.0. The first-order valence-corrected chi connectivity index (χ1v) is 8.21. The van der Waals surface area contributed by atoms with Crippen molar-refractivity contribution >= 4 is 0 Å². The maximum Gasteiger partial charge on any atom is 0.118 e. The van der Waals surface area contributed by atoms with Crippen molar-refractivity contribution < 1.29 is 14.6 Å². The molecule has 22 heavy (non-hydrogen) atoms. The van der Waals surface area contributed by atoms with E-state index in [1.807, 2.05) is 24.3 Å². The normalized spacial score (nSPS) is 24.2. The fourth-order valence-electron chi connectivity index (χ4n) is 2.99. The number of nitrogens with zero attached hydrogens (tertiary/aromatic N) is 1. The highest BCUT2D eigenvalue weighted by Crippen LogP contribution is 2.21. The van der Waals surface area contributed by atoms with Crippen molar-refractivity contribution in [3.8, 4) is 5.75 Å². The van der Waals surface area contributed by atoms with Crippen LogP contribution in [-0.2, 0) is 11.3 Å². The summed E-state index contributed by atoms with van der Waals surface area (Å²) in [6, 6.07) is 8.38. The van der Waals surface area contributed by atoms with E-state index in [2.05, 4.69) is 18.7 Å². The molecule has 0 amide bonds. The summed E-state index contributed by atoms with van der Waals surface area (Å²) in [5, 5.41) is 10.2. The van der Waals surface area contributed by atoms with Gasteiger partial charge in [0.2, 0.25) is 0 Å². The Labute approximate surface area is 134 Å². The molecule has 0 saturated carbocycles. The fraction of sp³-hybridized carbons (Fsp3) is 0.667. The number of rotatable bonds is 7. The average Bonchev–Trinajstić information content (AvgIpc) is 2.51. The Morgan fingerprint density at radius 2 is 1.95 bits per heavy atom. The molecule has 124 valence electrons. The number of ether oxygens (including phenoxy) is 2. The van der Waals surface area contributed by atoms with Gasteiger partial charge in [-0.15, -0.1) is 0 Å². The molecule has 0 aromatic heterocycles. The van der Waals surface area contributed by atoms with Crippen LogP contribution in [0.2, 0.25) is 0 Å². The van der Waals surface area contributed by atoms with Crippen molar-refractivity contribution in [2.75, 3.05) is 26.8 Å². The second kappa shape index (κ2) is 8.51. The highest BCUT2D eigenvalue weighted by molar-refractivity contribution is 5.26. The maximum absolute atomic E-state index is 10.2. The topological polar surface area (TPSA) is 41.9 Å². The molecule has 1 heterocycles. The van der Waals surface area contributed by atoms with Crippen LogP contribution in [0.3, 0.4) is 0 Å². The number of aliphatic hydroxyl groups is 1. The summed E-state index contributed by atoms with van der Waals surface area (Å²) in [6.45, 7) is 7.21. The molecule has 0 aliphatic carbocycles. The quantitative estimate of drug-likeness (QED) is 0.841. The van der Waals surface area contributed by atoms with Gasteiger partial charge in [0.1, 0.15) is 5.75 Å². The van der Waals surface area contributed by atoms with Gasteiger partial charge in [-0.2, -0.15) is 0 Å². The van der Waals surface area contributed by atoms with Gasteiger partial charge in [-0.3, -0.25) is 4.90 Å². The summed E-state index contributed by atoms with van der Waals surface area (Å²) in [5.74, 6) is 1.57. The molecule has 3 unspecified atom stereocenters. The Morgan fingerprint density at radius 3 is 2.64 bits per heavy atom. The lowest BCUT2D eigenvalue weighted by molar-refractivity contribution is -0.00646. The molecule has 1 aromatic carbocycles. The molecule has 4 nitrogen and oxygen atoms in total. The minimum Gasteiger partial charge on any atom is -0.497 e. The largest absolute Gasteiger partial charge is 0.497 e. The third-order valence-electron chi connectivity index (χ3n) is 4.43. The van der Waals surface area contributed by atoms with Crippen molar-refractivity contribution in [3.05, 3.63) is 29.8 Å². The van der Waals surface area contributed by atoms with Gasteiger partial charge in [0.05, 0.1) is 26.4 Å². The van der Waals surface area contributed by atoms with Crippen molar-refractivity contribution in [3.63, 3.8) is 0 Å². The van der Waals surface area contributed by atoms with E-state index in [1.54, 1.807) is 7.11 Å². The summed E-state index contributed by atoms with van der Waals surface area (Å²) in [7, 11) is 1.66. The maximum atomic E-state index is 10.2. The molecular formula is C18H29NO3. The zero-order valence-corrected chi connectivity index (χ0v) is 14.0. The number of hydrogen-bond acceptors (Lipinski definition) is 4. The van der Waals surface area contributed by atoms with Crippen LogP contribution in [-0.4, -0.2) is 49.0 Å². The number of aliphatic hydroxyl groups excluding tert-OH is 1. The first kappa shape index (κ1) is 17.3. The van der Waals surface area contributed by atoms with E-state index in [-0.39, 0.29) is 0 Å². The molecule has 1 aromatic rings. The van der Waals surface area contributed by atoms with Crippen molar-refractivity contribution in [1.82, 2.24) is 4.90 Å². The smallest absolute Gasteiger partial charge is 0.118 e. The molecule has 1 saturated heterocycles.